The Bertz CT molecular complexity index is 545. The van der Waals surface area contributed by atoms with Crippen molar-refractivity contribution in [3.63, 3.8) is 0 Å². The molecule has 0 amide bonds. The molecule has 1 aromatic heterocycles. The van der Waals surface area contributed by atoms with Gasteiger partial charge in [0.1, 0.15) is 6.33 Å². The molecular formula is C12H14N4O2. The van der Waals surface area contributed by atoms with E-state index < -0.39 is 0 Å². The van der Waals surface area contributed by atoms with Crippen LogP contribution in [0.5, 0.6) is 11.5 Å². The molecule has 0 aliphatic carbocycles. The lowest BCUT2D eigenvalue weighted by atomic mass is 10.2. The van der Waals surface area contributed by atoms with Crippen LogP contribution in [0.25, 0.3) is 0 Å². The maximum absolute atomic E-state index is 5.75. The van der Waals surface area contributed by atoms with E-state index in [1.807, 2.05) is 6.07 Å². The van der Waals surface area contributed by atoms with E-state index in [2.05, 4.69) is 15.3 Å². The van der Waals surface area contributed by atoms with Crippen LogP contribution in [0.15, 0.2) is 30.7 Å². The summed E-state index contributed by atoms with van der Waals surface area (Å²) in [6, 6.07) is 5.46. The number of hydrogen-bond acceptors (Lipinski definition) is 6. The van der Waals surface area contributed by atoms with Crippen LogP contribution >= 0.6 is 0 Å². The van der Waals surface area contributed by atoms with E-state index in [0.717, 1.165) is 5.69 Å². The molecule has 0 saturated heterocycles. The van der Waals surface area contributed by atoms with E-state index in [1.54, 1.807) is 26.4 Å². The van der Waals surface area contributed by atoms with Gasteiger partial charge in [-0.2, -0.15) is 0 Å². The van der Waals surface area contributed by atoms with Gasteiger partial charge in [-0.3, -0.25) is 0 Å². The Hall–Kier alpha value is -2.50. The molecule has 3 N–H and O–H groups in total. The second-order valence-corrected chi connectivity index (χ2v) is 3.52. The molecule has 2 rings (SSSR count). The van der Waals surface area contributed by atoms with Crippen molar-refractivity contribution in [2.45, 2.75) is 0 Å². The molecule has 6 heteroatoms. The fourth-order valence-corrected chi connectivity index (χ4v) is 1.50. The molecule has 0 saturated carbocycles. The number of nitrogen functional groups attached to an aromatic ring is 1. The third-order valence-electron chi connectivity index (χ3n) is 2.39. The van der Waals surface area contributed by atoms with Crippen molar-refractivity contribution in [1.82, 2.24) is 9.97 Å². The minimum Gasteiger partial charge on any atom is -0.493 e. The van der Waals surface area contributed by atoms with Crippen LogP contribution in [0.2, 0.25) is 0 Å². The van der Waals surface area contributed by atoms with Gasteiger partial charge < -0.3 is 20.5 Å². The minimum absolute atomic E-state index is 0.479. The van der Waals surface area contributed by atoms with Crippen molar-refractivity contribution in [2.75, 3.05) is 25.3 Å². The molecule has 6 nitrogen and oxygen atoms in total. The number of methoxy groups -OCH3 is 2. The van der Waals surface area contributed by atoms with Crippen molar-refractivity contribution in [3.8, 4) is 11.5 Å². The quantitative estimate of drug-likeness (QED) is 0.856. The van der Waals surface area contributed by atoms with Crippen molar-refractivity contribution in [2.24, 2.45) is 0 Å². The number of nitrogens with two attached hydrogens (primary N) is 1. The molecule has 94 valence electrons. The molecule has 0 spiro atoms. The summed E-state index contributed by atoms with van der Waals surface area (Å²) >= 11 is 0. The summed E-state index contributed by atoms with van der Waals surface area (Å²) < 4.78 is 10.4. The summed E-state index contributed by atoms with van der Waals surface area (Å²) in [4.78, 5) is 7.88. The van der Waals surface area contributed by atoms with Gasteiger partial charge in [-0.15, -0.1) is 0 Å². The molecule has 0 fully saturated rings. The first-order valence-corrected chi connectivity index (χ1v) is 5.29. The second-order valence-electron chi connectivity index (χ2n) is 3.52. The smallest absolute Gasteiger partial charge is 0.162 e. The maximum atomic E-state index is 5.75. The van der Waals surface area contributed by atoms with Gasteiger partial charge in [-0.1, -0.05) is 0 Å². The zero-order valence-electron chi connectivity index (χ0n) is 10.2. The van der Waals surface area contributed by atoms with Crippen molar-refractivity contribution in [3.05, 3.63) is 30.7 Å². The van der Waals surface area contributed by atoms with Gasteiger partial charge in [0.15, 0.2) is 17.3 Å². The second kappa shape index (κ2) is 5.22. The SMILES string of the molecule is COc1ccc(Nc2ncncc2N)cc1OC. The van der Waals surface area contributed by atoms with Gasteiger partial charge >= 0.3 is 0 Å². The Morgan fingerprint density at radius 1 is 1.17 bits per heavy atom. The highest BCUT2D eigenvalue weighted by molar-refractivity contribution is 5.69. The van der Waals surface area contributed by atoms with E-state index >= 15 is 0 Å². The summed E-state index contributed by atoms with van der Waals surface area (Å²) in [6.45, 7) is 0. The van der Waals surface area contributed by atoms with E-state index in [-0.39, 0.29) is 0 Å². The molecule has 0 atom stereocenters. The molecule has 0 aliphatic rings. The average molecular weight is 246 g/mol. The Balaban J connectivity index is 2.27. The third-order valence-corrected chi connectivity index (χ3v) is 2.39. The first kappa shape index (κ1) is 12.0. The molecule has 1 heterocycles. The van der Waals surface area contributed by atoms with Gasteiger partial charge in [0.05, 0.1) is 26.1 Å². The van der Waals surface area contributed by atoms with Crippen molar-refractivity contribution >= 4 is 17.2 Å². The summed E-state index contributed by atoms with van der Waals surface area (Å²) in [6.07, 6.45) is 2.97. The summed E-state index contributed by atoms with van der Waals surface area (Å²) in [7, 11) is 3.17. The highest BCUT2D eigenvalue weighted by Gasteiger charge is 2.06. The monoisotopic (exact) mass is 246 g/mol. The Labute approximate surface area is 105 Å². The fourth-order valence-electron chi connectivity index (χ4n) is 1.50. The first-order chi connectivity index (χ1) is 8.74. The van der Waals surface area contributed by atoms with Crippen LogP contribution in [0.4, 0.5) is 17.2 Å². The number of ether oxygens (including phenoxy) is 2. The van der Waals surface area contributed by atoms with Gasteiger partial charge in [0, 0.05) is 11.8 Å². The van der Waals surface area contributed by atoms with Crippen LogP contribution in [0.1, 0.15) is 0 Å². The van der Waals surface area contributed by atoms with E-state index in [4.69, 9.17) is 15.2 Å². The zero-order chi connectivity index (χ0) is 13.0. The summed E-state index contributed by atoms with van der Waals surface area (Å²) in [5, 5.41) is 3.09. The topological polar surface area (TPSA) is 82.3 Å². The maximum Gasteiger partial charge on any atom is 0.162 e. The summed E-state index contributed by atoms with van der Waals surface area (Å²) in [5.74, 6) is 1.85. The standard InChI is InChI=1S/C12H14N4O2/c1-17-10-4-3-8(5-11(10)18-2)16-12-9(13)6-14-7-15-12/h3-7H,13H2,1-2H3,(H,14,15,16). The minimum atomic E-state index is 0.479. The van der Waals surface area contributed by atoms with E-state index in [9.17, 15) is 0 Å². The third kappa shape index (κ3) is 2.42. The molecular weight excluding hydrogens is 232 g/mol. The summed E-state index contributed by atoms with van der Waals surface area (Å²) in [5.41, 5.74) is 7.03. The van der Waals surface area contributed by atoms with Crippen LogP contribution < -0.4 is 20.5 Å². The van der Waals surface area contributed by atoms with Gasteiger partial charge in [0.2, 0.25) is 0 Å². The molecule has 1 aromatic carbocycles. The Kier molecular flexibility index (Phi) is 3.47. The molecule has 0 bridgehead atoms. The largest absolute Gasteiger partial charge is 0.493 e. The van der Waals surface area contributed by atoms with Crippen LogP contribution in [0.3, 0.4) is 0 Å². The number of hydrogen-bond donors (Lipinski definition) is 2. The molecule has 0 aliphatic heterocycles. The predicted molar refractivity (Wildman–Crippen MR) is 69.3 cm³/mol. The van der Waals surface area contributed by atoms with Gasteiger partial charge in [-0.25, -0.2) is 9.97 Å². The van der Waals surface area contributed by atoms with E-state index in [0.29, 0.717) is 23.0 Å². The Morgan fingerprint density at radius 3 is 2.61 bits per heavy atom. The Morgan fingerprint density at radius 2 is 1.94 bits per heavy atom. The molecule has 0 radical (unpaired) electrons. The molecule has 18 heavy (non-hydrogen) atoms. The van der Waals surface area contributed by atoms with Gasteiger partial charge in [-0.05, 0) is 12.1 Å². The van der Waals surface area contributed by atoms with E-state index in [1.165, 1.54) is 12.5 Å². The lowest BCUT2D eigenvalue weighted by Gasteiger charge is -2.11. The number of benzene rings is 1. The zero-order valence-corrected chi connectivity index (χ0v) is 10.2. The number of anilines is 3. The molecule has 0 unspecified atom stereocenters. The predicted octanol–water partition coefficient (Wildman–Crippen LogP) is 1.82. The fraction of sp³-hybridized carbons (Fsp3) is 0.167. The van der Waals surface area contributed by atoms with Crippen molar-refractivity contribution in [1.29, 1.82) is 0 Å². The number of nitrogens with one attached hydrogen (secondary N) is 1. The van der Waals surface area contributed by atoms with Crippen LogP contribution in [0, 0.1) is 0 Å². The van der Waals surface area contributed by atoms with Crippen molar-refractivity contribution < 1.29 is 9.47 Å². The lowest BCUT2D eigenvalue weighted by molar-refractivity contribution is 0.355. The normalized spacial score (nSPS) is 9.89. The number of rotatable bonds is 4. The van der Waals surface area contributed by atoms with Crippen LogP contribution in [-0.4, -0.2) is 24.2 Å². The lowest BCUT2D eigenvalue weighted by Crippen LogP contribution is -2.00. The molecule has 2 aromatic rings. The highest BCUT2D eigenvalue weighted by Crippen LogP contribution is 2.31. The highest BCUT2D eigenvalue weighted by atomic mass is 16.5. The number of nitrogens with zero attached hydrogens (tertiary/aromatic N) is 2. The van der Waals surface area contributed by atoms with Crippen LogP contribution in [-0.2, 0) is 0 Å². The first-order valence-electron chi connectivity index (χ1n) is 5.29. The average Bonchev–Trinajstić information content (AvgIpc) is 2.41. The van der Waals surface area contributed by atoms with Gasteiger partial charge in [0.25, 0.3) is 0 Å². The number of aromatic nitrogens is 2.